The number of benzene rings is 1. The fourth-order valence-electron chi connectivity index (χ4n) is 2.23. The van der Waals surface area contributed by atoms with Gasteiger partial charge in [0.25, 0.3) is 5.91 Å². The van der Waals surface area contributed by atoms with E-state index in [0.717, 1.165) is 12.8 Å². The molecule has 2 heterocycles. The first-order chi connectivity index (χ1) is 10.2. The van der Waals surface area contributed by atoms with Crippen LogP contribution in [-0.2, 0) is 24.1 Å². The number of carbonyl (C=O) groups excluding carboxylic acids is 2. The standard InChI is InChI=1S/C14H15N5O2/c20-13-10(15-14(21)17-13)8-12-16-11(18-19-12)7-6-9-4-2-1-3-5-9/h1-5,10H,6-8H2,(H,16,18,19)(H2,15,17,20,21)/t10-/m0/s1. The maximum Gasteiger partial charge on any atom is 0.322 e. The summed E-state index contributed by atoms with van der Waals surface area (Å²) in [5.41, 5.74) is 1.23. The minimum Gasteiger partial charge on any atom is -0.326 e. The number of amides is 3. The average molecular weight is 285 g/mol. The summed E-state index contributed by atoms with van der Waals surface area (Å²) in [4.78, 5) is 26.8. The van der Waals surface area contributed by atoms with Crippen LogP contribution in [0.5, 0.6) is 0 Å². The molecule has 3 amide bonds. The van der Waals surface area contributed by atoms with Crippen LogP contribution >= 0.6 is 0 Å². The van der Waals surface area contributed by atoms with Crippen molar-refractivity contribution < 1.29 is 9.59 Å². The molecule has 1 saturated heterocycles. The first-order valence-electron chi connectivity index (χ1n) is 6.76. The monoisotopic (exact) mass is 285 g/mol. The Morgan fingerprint density at radius 2 is 1.90 bits per heavy atom. The largest absolute Gasteiger partial charge is 0.326 e. The number of urea groups is 1. The van der Waals surface area contributed by atoms with Crippen molar-refractivity contribution in [1.29, 1.82) is 0 Å². The predicted octanol–water partition coefficient (Wildman–Crippen LogP) is 0.340. The molecule has 1 aromatic heterocycles. The van der Waals surface area contributed by atoms with E-state index in [1.807, 2.05) is 18.2 Å². The van der Waals surface area contributed by atoms with Crippen LogP contribution in [0.15, 0.2) is 30.3 Å². The maximum absolute atomic E-state index is 11.5. The van der Waals surface area contributed by atoms with Crippen molar-refractivity contribution in [2.75, 3.05) is 0 Å². The van der Waals surface area contributed by atoms with Gasteiger partial charge in [0.2, 0.25) is 0 Å². The molecule has 0 spiro atoms. The van der Waals surface area contributed by atoms with Crippen LogP contribution in [0.25, 0.3) is 0 Å². The van der Waals surface area contributed by atoms with Gasteiger partial charge in [-0.05, 0) is 12.0 Å². The van der Waals surface area contributed by atoms with Crippen LogP contribution in [0.2, 0.25) is 0 Å². The van der Waals surface area contributed by atoms with Gasteiger partial charge in [0.1, 0.15) is 11.9 Å². The number of nitrogens with zero attached hydrogens (tertiary/aromatic N) is 2. The highest BCUT2D eigenvalue weighted by Crippen LogP contribution is 2.06. The Labute approximate surface area is 121 Å². The van der Waals surface area contributed by atoms with Crippen LogP contribution in [0.1, 0.15) is 17.2 Å². The lowest BCUT2D eigenvalue weighted by molar-refractivity contribution is -0.120. The van der Waals surface area contributed by atoms with E-state index in [2.05, 4.69) is 37.9 Å². The number of carbonyl (C=O) groups is 2. The molecule has 1 aromatic carbocycles. The van der Waals surface area contributed by atoms with Crippen LogP contribution < -0.4 is 10.6 Å². The minimum atomic E-state index is -0.576. The highest BCUT2D eigenvalue weighted by Gasteiger charge is 2.30. The first kappa shape index (κ1) is 13.3. The Morgan fingerprint density at radius 1 is 1.10 bits per heavy atom. The lowest BCUT2D eigenvalue weighted by Crippen LogP contribution is -2.31. The van der Waals surface area contributed by atoms with E-state index in [0.29, 0.717) is 18.1 Å². The van der Waals surface area contributed by atoms with Gasteiger partial charge in [-0.2, -0.15) is 5.10 Å². The third-order valence-corrected chi connectivity index (χ3v) is 3.31. The Balaban J connectivity index is 1.56. The Hall–Kier alpha value is -2.70. The van der Waals surface area contributed by atoms with Crippen molar-refractivity contribution in [2.45, 2.75) is 25.3 Å². The van der Waals surface area contributed by atoms with E-state index in [1.54, 1.807) is 0 Å². The molecule has 0 radical (unpaired) electrons. The molecular weight excluding hydrogens is 270 g/mol. The van der Waals surface area contributed by atoms with Crippen molar-refractivity contribution in [3.63, 3.8) is 0 Å². The number of hydrogen-bond acceptors (Lipinski definition) is 4. The second-order valence-electron chi connectivity index (χ2n) is 4.90. The van der Waals surface area contributed by atoms with Gasteiger partial charge in [-0.15, -0.1) is 0 Å². The zero-order valence-electron chi connectivity index (χ0n) is 11.3. The molecule has 1 fully saturated rings. The molecule has 2 aromatic rings. The summed E-state index contributed by atoms with van der Waals surface area (Å²) in [6, 6.07) is 9.06. The number of aromatic amines is 1. The quantitative estimate of drug-likeness (QED) is 0.690. The van der Waals surface area contributed by atoms with Gasteiger partial charge in [0, 0.05) is 12.8 Å². The van der Waals surface area contributed by atoms with Crippen molar-refractivity contribution >= 4 is 11.9 Å². The molecule has 7 heteroatoms. The molecule has 21 heavy (non-hydrogen) atoms. The highest BCUT2D eigenvalue weighted by molar-refractivity contribution is 6.04. The summed E-state index contributed by atoms with van der Waals surface area (Å²) in [6.07, 6.45) is 1.90. The Morgan fingerprint density at radius 3 is 2.62 bits per heavy atom. The number of aromatic nitrogens is 3. The lowest BCUT2D eigenvalue weighted by atomic mass is 10.1. The van der Waals surface area contributed by atoms with Gasteiger partial charge in [-0.25, -0.2) is 9.78 Å². The molecule has 0 unspecified atom stereocenters. The van der Waals surface area contributed by atoms with E-state index in [1.165, 1.54) is 5.56 Å². The molecule has 1 aliphatic rings. The van der Waals surface area contributed by atoms with Crippen molar-refractivity contribution in [3.05, 3.63) is 47.5 Å². The summed E-state index contributed by atoms with van der Waals surface area (Å²) in [5.74, 6) is 0.973. The zero-order valence-corrected chi connectivity index (χ0v) is 11.3. The fraction of sp³-hybridized carbons (Fsp3) is 0.286. The molecule has 1 atom stereocenters. The Kier molecular flexibility index (Phi) is 3.63. The van der Waals surface area contributed by atoms with Crippen LogP contribution in [0.3, 0.4) is 0 Å². The summed E-state index contributed by atoms with van der Waals surface area (Å²) < 4.78 is 0. The smallest absolute Gasteiger partial charge is 0.322 e. The first-order valence-corrected chi connectivity index (χ1v) is 6.76. The molecule has 1 aliphatic heterocycles. The number of imide groups is 1. The van der Waals surface area contributed by atoms with E-state index < -0.39 is 12.1 Å². The summed E-state index contributed by atoms with van der Waals surface area (Å²) in [6.45, 7) is 0. The van der Waals surface area contributed by atoms with Gasteiger partial charge in [-0.1, -0.05) is 30.3 Å². The molecule has 0 saturated carbocycles. The lowest BCUT2D eigenvalue weighted by Gasteiger charge is -2.02. The summed E-state index contributed by atoms with van der Waals surface area (Å²) >= 11 is 0. The number of hydrogen-bond donors (Lipinski definition) is 3. The molecule has 3 N–H and O–H groups in total. The second-order valence-corrected chi connectivity index (χ2v) is 4.90. The molecule has 3 rings (SSSR count). The molecule has 0 aliphatic carbocycles. The summed E-state index contributed by atoms with van der Waals surface area (Å²) in [7, 11) is 0. The maximum atomic E-state index is 11.5. The molecule has 7 nitrogen and oxygen atoms in total. The van der Waals surface area contributed by atoms with Crippen molar-refractivity contribution in [2.24, 2.45) is 0 Å². The average Bonchev–Trinajstić information content (AvgIpc) is 3.05. The van der Waals surface area contributed by atoms with Gasteiger partial charge in [0.15, 0.2) is 5.82 Å². The van der Waals surface area contributed by atoms with E-state index in [4.69, 9.17) is 0 Å². The fourth-order valence-corrected chi connectivity index (χ4v) is 2.23. The zero-order chi connectivity index (χ0) is 14.7. The number of aryl methyl sites for hydroxylation is 2. The third kappa shape index (κ3) is 3.25. The predicted molar refractivity (Wildman–Crippen MR) is 74.4 cm³/mol. The molecule has 0 bridgehead atoms. The van der Waals surface area contributed by atoms with E-state index in [-0.39, 0.29) is 5.91 Å². The molecule has 108 valence electrons. The van der Waals surface area contributed by atoms with Crippen LogP contribution in [-0.4, -0.2) is 33.2 Å². The van der Waals surface area contributed by atoms with Gasteiger partial charge >= 0.3 is 6.03 Å². The summed E-state index contributed by atoms with van der Waals surface area (Å²) in [5, 5.41) is 11.7. The van der Waals surface area contributed by atoms with Gasteiger partial charge in [-0.3, -0.25) is 15.2 Å². The number of nitrogens with one attached hydrogen (secondary N) is 3. The van der Waals surface area contributed by atoms with Crippen molar-refractivity contribution in [3.8, 4) is 0 Å². The van der Waals surface area contributed by atoms with Crippen LogP contribution in [0.4, 0.5) is 4.79 Å². The third-order valence-electron chi connectivity index (χ3n) is 3.31. The molecular formula is C14H15N5O2. The highest BCUT2D eigenvalue weighted by atomic mass is 16.2. The van der Waals surface area contributed by atoms with Crippen molar-refractivity contribution in [1.82, 2.24) is 25.8 Å². The number of H-pyrrole nitrogens is 1. The Bertz CT molecular complexity index is 652. The van der Waals surface area contributed by atoms with Gasteiger partial charge < -0.3 is 5.32 Å². The van der Waals surface area contributed by atoms with Crippen LogP contribution in [0, 0.1) is 0 Å². The van der Waals surface area contributed by atoms with E-state index in [9.17, 15) is 9.59 Å². The van der Waals surface area contributed by atoms with Gasteiger partial charge in [0.05, 0.1) is 0 Å². The SMILES string of the molecule is O=C1NC(=O)[C@H](Cc2nc(CCc3ccccc3)n[nH]2)N1. The normalized spacial score (nSPS) is 17.6. The topological polar surface area (TPSA) is 99.8 Å². The van der Waals surface area contributed by atoms with E-state index >= 15 is 0 Å². The number of rotatable bonds is 5. The second kappa shape index (κ2) is 5.74. The minimum absolute atomic E-state index is 0.315.